The zero-order chi connectivity index (χ0) is 14.1. The molecule has 0 amide bonds. The highest BCUT2D eigenvalue weighted by Crippen LogP contribution is 2.28. The van der Waals surface area contributed by atoms with Crippen LogP contribution in [0.2, 0.25) is 0 Å². The third-order valence-corrected chi connectivity index (χ3v) is 3.76. The van der Waals surface area contributed by atoms with Crippen molar-refractivity contribution in [2.24, 2.45) is 0 Å². The average Bonchev–Trinajstić information content (AvgIpc) is 3.20. The summed E-state index contributed by atoms with van der Waals surface area (Å²) in [6.45, 7) is 4.98. The topological polar surface area (TPSA) is 12.0 Å². The first-order chi connectivity index (χ1) is 9.61. The van der Waals surface area contributed by atoms with Crippen LogP contribution in [0.25, 0.3) is 11.1 Å². The van der Waals surface area contributed by atoms with Crippen molar-refractivity contribution >= 4 is 0 Å². The second kappa shape index (κ2) is 5.37. The molecule has 2 heteroatoms. The molecular weight excluding hydrogens is 249 g/mol. The second-order valence-corrected chi connectivity index (χ2v) is 5.83. The van der Waals surface area contributed by atoms with Crippen LogP contribution in [0.15, 0.2) is 36.4 Å². The molecule has 1 nitrogen and oxygen atoms in total. The van der Waals surface area contributed by atoms with Gasteiger partial charge < -0.3 is 5.32 Å². The summed E-state index contributed by atoms with van der Waals surface area (Å²) in [5, 5.41) is 3.51. The van der Waals surface area contributed by atoms with Gasteiger partial charge in [0.1, 0.15) is 5.82 Å². The summed E-state index contributed by atoms with van der Waals surface area (Å²) < 4.78 is 13.6. The van der Waals surface area contributed by atoms with Gasteiger partial charge in [0.15, 0.2) is 0 Å². The van der Waals surface area contributed by atoms with E-state index in [9.17, 15) is 4.39 Å². The molecule has 20 heavy (non-hydrogen) atoms. The third-order valence-electron chi connectivity index (χ3n) is 3.76. The van der Waals surface area contributed by atoms with Crippen LogP contribution in [-0.4, -0.2) is 6.04 Å². The molecule has 0 spiro atoms. The zero-order valence-electron chi connectivity index (χ0n) is 12.0. The Balaban J connectivity index is 1.98. The molecule has 1 saturated carbocycles. The van der Waals surface area contributed by atoms with Gasteiger partial charge in [-0.2, -0.15) is 0 Å². The van der Waals surface area contributed by atoms with Gasteiger partial charge in [0.05, 0.1) is 0 Å². The van der Waals surface area contributed by atoms with E-state index < -0.39 is 0 Å². The molecule has 2 aromatic carbocycles. The third kappa shape index (κ3) is 3.07. The number of halogens is 1. The van der Waals surface area contributed by atoms with Crippen molar-refractivity contribution in [2.75, 3.05) is 0 Å². The first-order valence-corrected chi connectivity index (χ1v) is 7.22. The van der Waals surface area contributed by atoms with E-state index >= 15 is 0 Å². The lowest BCUT2D eigenvalue weighted by Crippen LogP contribution is -2.16. The number of aryl methyl sites for hydroxylation is 2. The van der Waals surface area contributed by atoms with Gasteiger partial charge in [0, 0.05) is 12.6 Å². The molecule has 0 atom stereocenters. The van der Waals surface area contributed by atoms with Crippen molar-refractivity contribution in [2.45, 2.75) is 39.3 Å². The molecule has 1 aliphatic carbocycles. The monoisotopic (exact) mass is 269 g/mol. The van der Waals surface area contributed by atoms with Crippen molar-refractivity contribution in [1.29, 1.82) is 0 Å². The van der Waals surface area contributed by atoms with E-state index in [0.717, 1.165) is 17.7 Å². The fourth-order valence-electron chi connectivity index (χ4n) is 2.64. The molecule has 1 N–H and O–H groups in total. The van der Waals surface area contributed by atoms with Gasteiger partial charge in [-0.05, 0) is 55.5 Å². The zero-order valence-corrected chi connectivity index (χ0v) is 12.0. The highest BCUT2D eigenvalue weighted by Gasteiger charge is 2.20. The molecule has 1 fully saturated rings. The Morgan fingerprint density at radius 2 is 1.75 bits per heavy atom. The van der Waals surface area contributed by atoms with E-state index in [-0.39, 0.29) is 5.82 Å². The molecule has 0 heterocycles. The first kappa shape index (κ1) is 13.3. The number of rotatable bonds is 4. The number of hydrogen-bond acceptors (Lipinski definition) is 1. The smallest absolute Gasteiger partial charge is 0.123 e. The quantitative estimate of drug-likeness (QED) is 0.869. The van der Waals surface area contributed by atoms with Crippen LogP contribution < -0.4 is 5.32 Å². The minimum Gasteiger partial charge on any atom is -0.310 e. The summed E-state index contributed by atoms with van der Waals surface area (Å²) in [7, 11) is 0. The fourth-order valence-corrected chi connectivity index (χ4v) is 2.64. The fraction of sp³-hybridized carbons (Fsp3) is 0.333. The maximum atomic E-state index is 13.6. The number of hydrogen-bond donors (Lipinski definition) is 1. The average molecular weight is 269 g/mol. The first-order valence-electron chi connectivity index (χ1n) is 7.22. The standard InChI is InChI=1S/C18H20FN/c1-12-7-13(2)9-15(8-12)18-10-16(19)4-3-14(18)11-20-17-5-6-17/h3-4,7-10,17,20H,5-6,11H2,1-2H3. The lowest BCUT2D eigenvalue weighted by atomic mass is 9.96. The lowest BCUT2D eigenvalue weighted by Gasteiger charge is -2.12. The summed E-state index contributed by atoms with van der Waals surface area (Å²) in [6, 6.07) is 12.2. The van der Waals surface area contributed by atoms with Crippen molar-refractivity contribution in [3.8, 4) is 11.1 Å². The molecule has 3 rings (SSSR count). The maximum Gasteiger partial charge on any atom is 0.123 e. The Morgan fingerprint density at radius 3 is 2.40 bits per heavy atom. The molecule has 104 valence electrons. The Bertz CT molecular complexity index is 609. The Hall–Kier alpha value is -1.67. The van der Waals surface area contributed by atoms with E-state index in [0.29, 0.717) is 6.04 Å². The van der Waals surface area contributed by atoms with E-state index in [1.165, 1.54) is 29.5 Å². The van der Waals surface area contributed by atoms with Crippen LogP contribution in [0.5, 0.6) is 0 Å². The van der Waals surface area contributed by atoms with Crippen LogP contribution in [0.4, 0.5) is 4.39 Å². The van der Waals surface area contributed by atoms with Crippen LogP contribution in [0, 0.1) is 19.7 Å². The molecule has 0 radical (unpaired) electrons. The molecular formula is C18H20FN. The molecule has 0 bridgehead atoms. The maximum absolute atomic E-state index is 13.6. The largest absolute Gasteiger partial charge is 0.310 e. The highest BCUT2D eigenvalue weighted by molar-refractivity contribution is 5.69. The Morgan fingerprint density at radius 1 is 1.05 bits per heavy atom. The van der Waals surface area contributed by atoms with E-state index in [1.807, 2.05) is 6.07 Å². The normalized spacial score (nSPS) is 14.6. The molecule has 0 saturated heterocycles. The number of nitrogens with one attached hydrogen (secondary N) is 1. The summed E-state index contributed by atoms with van der Waals surface area (Å²) in [6.07, 6.45) is 2.53. The van der Waals surface area contributed by atoms with Crippen LogP contribution in [0.3, 0.4) is 0 Å². The van der Waals surface area contributed by atoms with Gasteiger partial charge in [-0.3, -0.25) is 0 Å². The predicted octanol–water partition coefficient (Wildman–Crippen LogP) is 4.36. The second-order valence-electron chi connectivity index (χ2n) is 5.83. The Kier molecular flexibility index (Phi) is 3.58. The van der Waals surface area contributed by atoms with Crippen molar-refractivity contribution < 1.29 is 4.39 Å². The van der Waals surface area contributed by atoms with E-state index in [1.54, 1.807) is 12.1 Å². The van der Waals surface area contributed by atoms with E-state index in [4.69, 9.17) is 0 Å². The van der Waals surface area contributed by atoms with Crippen molar-refractivity contribution in [1.82, 2.24) is 5.32 Å². The van der Waals surface area contributed by atoms with E-state index in [2.05, 4.69) is 37.4 Å². The summed E-state index contributed by atoms with van der Waals surface area (Å²) >= 11 is 0. The molecule has 1 aliphatic rings. The van der Waals surface area contributed by atoms with Crippen LogP contribution in [0.1, 0.15) is 29.5 Å². The van der Waals surface area contributed by atoms with Gasteiger partial charge in [0.2, 0.25) is 0 Å². The van der Waals surface area contributed by atoms with Crippen molar-refractivity contribution in [3.63, 3.8) is 0 Å². The van der Waals surface area contributed by atoms with Gasteiger partial charge in [0.25, 0.3) is 0 Å². The highest BCUT2D eigenvalue weighted by atomic mass is 19.1. The van der Waals surface area contributed by atoms with Gasteiger partial charge in [-0.15, -0.1) is 0 Å². The Labute approximate surface area is 119 Å². The number of benzene rings is 2. The van der Waals surface area contributed by atoms with Gasteiger partial charge >= 0.3 is 0 Å². The predicted molar refractivity (Wildman–Crippen MR) is 81.2 cm³/mol. The minimum absolute atomic E-state index is 0.172. The lowest BCUT2D eigenvalue weighted by molar-refractivity contribution is 0.625. The van der Waals surface area contributed by atoms with Crippen LogP contribution in [-0.2, 0) is 6.54 Å². The SMILES string of the molecule is Cc1cc(C)cc(-c2cc(F)ccc2CNC2CC2)c1. The molecule has 0 aliphatic heterocycles. The molecule has 0 unspecified atom stereocenters. The minimum atomic E-state index is -0.172. The molecule has 2 aromatic rings. The summed E-state index contributed by atoms with van der Waals surface area (Å²) in [5.74, 6) is -0.172. The van der Waals surface area contributed by atoms with Gasteiger partial charge in [-0.25, -0.2) is 4.39 Å². The van der Waals surface area contributed by atoms with Crippen molar-refractivity contribution in [3.05, 3.63) is 58.9 Å². The van der Waals surface area contributed by atoms with Crippen LogP contribution >= 0.6 is 0 Å². The summed E-state index contributed by atoms with van der Waals surface area (Å²) in [4.78, 5) is 0. The summed E-state index contributed by atoms with van der Waals surface area (Å²) in [5.41, 5.74) is 5.71. The molecule has 0 aromatic heterocycles. The van der Waals surface area contributed by atoms with Gasteiger partial charge in [-0.1, -0.05) is 35.4 Å².